The van der Waals surface area contributed by atoms with Gasteiger partial charge in [0.1, 0.15) is 9.71 Å². The second kappa shape index (κ2) is 6.37. The molecule has 3 heterocycles. The van der Waals surface area contributed by atoms with Crippen molar-refractivity contribution in [1.82, 2.24) is 9.88 Å². The summed E-state index contributed by atoms with van der Waals surface area (Å²) in [6.07, 6.45) is 0.934. The van der Waals surface area contributed by atoms with Gasteiger partial charge in [0.05, 0.1) is 5.69 Å². The molecule has 0 atom stereocenters. The maximum Gasteiger partial charge on any atom is 0.267 e. The van der Waals surface area contributed by atoms with Gasteiger partial charge in [0.2, 0.25) is 0 Å². The molecule has 1 aliphatic heterocycles. The Morgan fingerprint density at radius 3 is 2.88 bits per heavy atom. The second-order valence-electron chi connectivity index (χ2n) is 7.05. The molecule has 0 aliphatic carbocycles. The summed E-state index contributed by atoms with van der Waals surface area (Å²) in [4.78, 5) is 21.2. The number of likely N-dealkylation sites (N-methyl/N-ethyl adjacent to an activating group) is 1. The number of hydrogen-bond donors (Lipinski definition) is 2. The fourth-order valence-electron chi connectivity index (χ4n) is 3.44. The number of pyridine rings is 1. The largest absolute Gasteiger partial charge is 0.397 e. The quantitative estimate of drug-likeness (QED) is 0.725. The van der Waals surface area contributed by atoms with Crippen molar-refractivity contribution in [3.63, 3.8) is 0 Å². The van der Waals surface area contributed by atoms with Crippen LogP contribution in [-0.4, -0.2) is 29.4 Å². The average molecular weight is 366 g/mol. The lowest BCUT2D eigenvalue weighted by atomic mass is 10.0. The van der Waals surface area contributed by atoms with Gasteiger partial charge < -0.3 is 16.0 Å². The van der Waals surface area contributed by atoms with Crippen molar-refractivity contribution in [2.75, 3.05) is 24.6 Å². The van der Waals surface area contributed by atoms with Crippen LogP contribution < -0.4 is 11.1 Å². The van der Waals surface area contributed by atoms with Crippen LogP contribution in [0.2, 0.25) is 0 Å². The molecule has 1 aromatic carbocycles. The van der Waals surface area contributed by atoms with Crippen LogP contribution >= 0.6 is 11.3 Å². The number of aryl methyl sites for hydroxylation is 2. The molecule has 134 valence electrons. The molecule has 0 spiro atoms. The van der Waals surface area contributed by atoms with Crippen LogP contribution in [0.1, 0.15) is 32.1 Å². The summed E-state index contributed by atoms with van der Waals surface area (Å²) in [7, 11) is 2.10. The molecular weight excluding hydrogens is 344 g/mol. The van der Waals surface area contributed by atoms with Crippen LogP contribution in [0.4, 0.5) is 11.4 Å². The Bertz CT molecular complexity index is 1020. The van der Waals surface area contributed by atoms with Crippen molar-refractivity contribution in [3.05, 3.63) is 51.5 Å². The summed E-state index contributed by atoms with van der Waals surface area (Å²) in [6.45, 7) is 5.90. The molecule has 0 radical (unpaired) electrons. The van der Waals surface area contributed by atoms with Gasteiger partial charge in [-0.05, 0) is 44.2 Å². The molecule has 3 aromatic rings. The fraction of sp³-hybridized carbons (Fsp3) is 0.300. The van der Waals surface area contributed by atoms with Gasteiger partial charge in [0, 0.05) is 36.3 Å². The lowest BCUT2D eigenvalue weighted by Gasteiger charge is -2.24. The Kier molecular flexibility index (Phi) is 4.17. The van der Waals surface area contributed by atoms with Crippen LogP contribution in [0.5, 0.6) is 0 Å². The molecule has 4 rings (SSSR count). The Labute approximate surface area is 156 Å². The van der Waals surface area contributed by atoms with E-state index >= 15 is 0 Å². The number of benzene rings is 1. The van der Waals surface area contributed by atoms with Crippen molar-refractivity contribution in [2.45, 2.75) is 26.8 Å². The summed E-state index contributed by atoms with van der Waals surface area (Å²) in [5.74, 6) is -0.174. The molecule has 6 heteroatoms. The number of nitrogen functional groups attached to an aromatic ring is 1. The van der Waals surface area contributed by atoms with Crippen molar-refractivity contribution in [3.8, 4) is 0 Å². The molecule has 0 saturated heterocycles. The zero-order valence-corrected chi connectivity index (χ0v) is 16.0. The van der Waals surface area contributed by atoms with Crippen LogP contribution in [-0.2, 0) is 13.0 Å². The first-order chi connectivity index (χ1) is 12.4. The molecule has 0 fully saturated rings. The van der Waals surface area contributed by atoms with Gasteiger partial charge in [-0.2, -0.15) is 0 Å². The topological polar surface area (TPSA) is 71.2 Å². The van der Waals surface area contributed by atoms with E-state index in [0.29, 0.717) is 10.6 Å². The molecule has 0 bridgehead atoms. The summed E-state index contributed by atoms with van der Waals surface area (Å²) in [5, 5.41) is 3.87. The van der Waals surface area contributed by atoms with Gasteiger partial charge in [0.15, 0.2) is 0 Å². The van der Waals surface area contributed by atoms with Gasteiger partial charge in [-0.15, -0.1) is 11.3 Å². The van der Waals surface area contributed by atoms with Crippen LogP contribution in [0.3, 0.4) is 0 Å². The predicted molar refractivity (Wildman–Crippen MR) is 108 cm³/mol. The molecule has 1 amide bonds. The number of thiophene rings is 1. The van der Waals surface area contributed by atoms with Crippen molar-refractivity contribution < 1.29 is 4.79 Å². The van der Waals surface area contributed by atoms with E-state index in [4.69, 9.17) is 10.7 Å². The minimum absolute atomic E-state index is 0.174. The second-order valence-corrected chi connectivity index (χ2v) is 8.05. The number of hydrogen-bond acceptors (Lipinski definition) is 5. The number of anilines is 2. The highest BCUT2D eigenvalue weighted by atomic mass is 32.1. The highest BCUT2D eigenvalue weighted by Crippen LogP contribution is 2.35. The van der Waals surface area contributed by atoms with Crippen molar-refractivity contribution >= 4 is 38.8 Å². The number of nitrogens with two attached hydrogens (primary N) is 1. The van der Waals surface area contributed by atoms with E-state index in [9.17, 15) is 4.79 Å². The van der Waals surface area contributed by atoms with Crippen LogP contribution in [0.15, 0.2) is 24.3 Å². The zero-order chi connectivity index (χ0) is 18.4. The minimum atomic E-state index is -0.174. The van der Waals surface area contributed by atoms with Crippen molar-refractivity contribution in [2.24, 2.45) is 0 Å². The molecule has 0 unspecified atom stereocenters. The number of rotatable bonds is 2. The van der Waals surface area contributed by atoms with Gasteiger partial charge >= 0.3 is 0 Å². The van der Waals surface area contributed by atoms with Crippen LogP contribution in [0.25, 0.3) is 10.2 Å². The van der Waals surface area contributed by atoms with Gasteiger partial charge in [-0.25, -0.2) is 4.98 Å². The van der Waals surface area contributed by atoms with E-state index in [2.05, 4.69) is 29.4 Å². The SMILES string of the molecule is Cc1ccc(NC(=O)c2sc3nc4c(cc3c2N)CN(C)CC4)c(C)c1. The van der Waals surface area contributed by atoms with E-state index < -0.39 is 0 Å². The summed E-state index contributed by atoms with van der Waals surface area (Å²) >= 11 is 1.37. The number of nitrogens with one attached hydrogen (secondary N) is 1. The van der Waals surface area contributed by atoms with E-state index in [1.807, 2.05) is 26.0 Å². The first-order valence-corrected chi connectivity index (χ1v) is 9.52. The Balaban J connectivity index is 1.70. The molecule has 26 heavy (non-hydrogen) atoms. The normalized spacial score (nSPS) is 14.4. The summed E-state index contributed by atoms with van der Waals surface area (Å²) in [6, 6.07) is 8.07. The van der Waals surface area contributed by atoms with E-state index in [0.717, 1.165) is 46.7 Å². The number of nitrogens with zero attached hydrogens (tertiary/aromatic N) is 2. The summed E-state index contributed by atoms with van der Waals surface area (Å²) < 4.78 is 0. The van der Waals surface area contributed by atoms with E-state index in [1.54, 1.807) is 0 Å². The predicted octanol–water partition coefficient (Wildman–Crippen LogP) is 3.74. The molecule has 1 aliphatic rings. The zero-order valence-electron chi connectivity index (χ0n) is 15.2. The number of carbonyl (C=O) groups excluding carboxylic acids is 1. The number of aromatic nitrogens is 1. The third kappa shape index (κ3) is 2.95. The molecule has 3 N–H and O–H groups in total. The van der Waals surface area contributed by atoms with Crippen molar-refractivity contribution in [1.29, 1.82) is 0 Å². The number of carbonyl (C=O) groups is 1. The Morgan fingerprint density at radius 2 is 2.12 bits per heavy atom. The van der Waals surface area contributed by atoms with Crippen LogP contribution in [0, 0.1) is 13.8 Å². The molecule has 5 nitrogen and oxygen atoms in total. The van der Waals surface area contributed by atoms with E-state index in [1.165, 1.54) is 22.5 Å². The van der Waals surface area contributed by atoms with Gasteiger partial charge in [-0.1, -0.05) is 17.7 Å². The monoisotopic (exact) mass is 366 g/mol. The third-order valence-electron chi connectivity index (χ3n) is 4.90. The summed E-state index contributed by atoms with van der Waals surface area (Å²) in [5.41, 5.74) is 12.2. The number of amides is 1. The fourth-order valence-corrected chi connectivity index (χ4v) is 4.43. The molecule has 0 saturated carbocycles. The smallest absolute Gasteiger partial charge is 0.267 e. The first-order valence-electron chi connectivity index (χ1n) is 8.70. The Morgan fingerprint density at radius 1 is 1.31 bits per heavy atom. The lowest BCUT2D eigenvalue weighted by molar-refractivity contribution is 0.103. The highest BCUT2D eigenvalue weighted by Gasteiger charge is 2.22. The van der Waals surface area contributed by atoms with Gasteiger partial charge in [0.25, 0.3) is 5.91 Å². The lowest BCUT2D eigenvalue weighted by Crippen LogP contribution is -2.27. The molecule has 2 aromatic heterocycles. The number of fused-ring (bicyclic) bond motifs is 2. The average Bonchev–Trinajstić information content (AvgIpc) is 2.92. The molecular formula is C20H22N4OS. The van der Waals surface area contributed by atoms with Gasteiger partial charge in [-0.3, -0.25) is 4.79 Å². The van der Waals surface area contributed by atoms with E-state index in [-0.39, 0.29) is 5.91 Å². The third-order valence-corrected chi connectivity index (χ3v) is 6.01. The standard InChI is InChI=1S/C20H22N4OS/c1-11-4-5-15(12(2)8-11)22-19(25)18-17(21)14-9-13-10-24(3)7-6-16(13)23-20(14)26-18/h4-5,8-9H,6-7,10,21H2,1-3H3,(H,22,25). The first kappa shape index (κ1) is 17.0. The maximum atomic E-state index is 12.8. The highest BCUT2D eigenvalue weighted by molar-refractivity contribution is 7.21. The minimum Gasteiger partial charge on any atom is -0.397 e. The Hall–Kier alpha value is -2.44. The maximum absolute atomic E-state index is 12.8.